The highest BCUT2D eigenvalue weighted by Crippen LogP contribution is 2.21. The molecule has 1 fully saturated rings. The fraction of sp³-hybridized carbons (Fsp3) is 0.533. The Kier molecular flexibility index (Phi) is 4.15. The third-order valence-electron chi connectivity index (χ3n) is 3.55. The number of hydrogen-bond donors (Lipinski definition) is 0. The minimum atomic E-state index is 0.737. The summed E-state index contributed by atoms with van der Waals surface area (Å²) >= 11 is 0. The van der Waals surface area contributed by atoms with E-state index in [9.17, 15) is 0 Å². The van der Waals surface area contributed by atoms with Crippen molar-refractivity contribution in [2.75, 3.05) is 31.2 Å². The Hall–Kier alpha value is -1.95. The molecule has 6 heteroatoms. The maximum absolute atomic E-state index is 5.39. The highest BCUT2D eigenvalue weighted by Gasteiger charge is 2.16. The summed E-state index contributed by atoms with van der Waals surface area (Å²) in [5.41, 5.74) is 2.97. The van der Waals surface area contributed by atoms with Crippen LogP contribution in [0.2, 0.25) is 0 Å². The van der Waals surface area contributed by atoms with Crippen LogP contribution in [0.4, 0.5) is 5.95 Å². The third-order valence-corrected chi connectivity index (χ3v) is 3.55. The topological polar surface area (TPSA) is 56.1 Å². The molecule has 112 valence electrons. The summed E-state index contributed by atoms with van der Waals surface area (Å²) in [6.07, 6.45) is 2.88. The molecule has 2 aromatic rings. The van der Waals surface area contributed by atoms with E-state index in [4.69, 9.17) is 9.72 Å². The van der Waals surface area contributed by atoms with Gasteiger partial charge >= 0.3 is 0 Å². The average Bonchev–Trinajstić information content (AvgIpc) is 2.96. The van der Waals surface area contributed by atoms with Gasteiger partial charge in [-0.1, -0.05) is 6.92 Å². The fourth-order valence-corrected chi connectivity index (χ4v) is 2.53. The quantitative estimate of drug-likeness (QED) is 0.859. The van der Waals surface area contributed by atoms with E-state index in [1.54, 1.807) is 0 Å². The van der Waals surface area contributed by atoms with Gasteiger partial charge < -0.3 is 9.64 Å². The summed E-state index contributed by atoms with van der Waals surface area (Å²) in [6, 6.07) is 4.04. The molecule has 1 saturated heterocycles. The minimum Gasteiger partial charge on any atom is -0.378 e. The van der Waals surface area contributed by atoms with Gasteiger partial charge in [0, 0.05) is 31.5 Å². The van der Waals surface area contributed by atoms with Crippen molar-refractivity contribution >= 4 is 5.95 Å². The summed E-state index contributed by atoms with van der Waals surface area (Å²) in [4.78, 5) is 11.5. The highest BCUT2D eigenvalue weighted by molar-refractivity contribution is 5.57. The number of rotatable bonds is 4. The molecule has 0 bridgehead atoms. The summed E-state index contributed by atoms with van der Waals surface area (Å²) in [5.74, 6) is 0.789. The lowest BCUT2D eigenvalue weighted by atomic mass is 10.2. The lowest BCUT2D eigenvalue weighted by Gasteiger charge is -2.27. The molecule has 2 aromatic heterocycles. The van der Waals surface area contributed by atoms with E-state index in [-0.39, 0.29) is 0 Å². The molecule has 0 aromatic carbocycles. The van der Waals surface area contributed by atoms with Gasteiger partial charge in [-0.3, -0.25) is 4.68 Å². The molecule has 0 spiro atoms. The molecular weight excluding hydrogens is 266 g/mol. The molecule has 0 atom stereocenters. The Labute approximate surface area is 124 Å². The Morgan fingerprint density at radius 2 is 2.05 bits per heavy atom. The van der Waals surface area contributed by atoms with Crippen molar-refractivity contribution in [3.05, 3.63) is 24.0 Å². The summed E-state index contributed by atoms with van der Waals surface area (Å²) in [7, 11) is 0. The molecule has 0 unspecified atom stereocenters. The molecular formula is C15H21N5O. The van der Waals surface area contributed by atoms with E-state index >= 15 is 0 Å². The van der Waals surface area contributed by atoms with E-state index in [2.05, 4.69) is 21.9 Å². The normalized spacial score (nSPS) is 15.4. The van der Waals surface area contributed by atoms with E-state index in [0.717, 1.165) is 62.3 Å². The second-order valence-corrected chi connectivity index (χ2v) is 5.23. The molecule has 3 rings (SSSR count). The van der Waals surface area contributed by atoms with Gasteiger partial charge in [0.2, 0.25) is 5.95 Å². The van der Waals surface area contributed by atoms with Gasteiger partial charge in [-0.2, -0.15) is 5.10 Å². The van der Waals surface area contributed by atoms with Crippen molar-refractivity contribution in [3.8, 4) is 11.4 Å². The molecule has 1 aliphatic heterocycles. The SMILES string of the molecule is CCCn1nccc1-c1cc(C)nc(N2CCOCC2)n1. The number of nitrogens with zero attached hydrogens (tertiary/aromatic N) is 5. The molecule has 3 heterocycles. The molecule has 0 amide bonds. The predicted molar refractivity (Wildman–Crippen MR) is 81.3 cm³/mol. The van der Waals surface area contributed by atoms with Crippen LogP contribution in [-0.4, -0.2) is 46.1 Å². The molecule has 6 nitrogen and oxygen atoms in total. The largest absolute Gasteiger partial charge is 0.378 e. The first-order valence-electron chi connectivity index (χ1n) is 7.48. The van der Waals surface area contributed by atoms with Crippen LogP contribution < -0.4 is 4.90 Å². The van der Waals surface area contributed by atoms with Crippen LogP contribution in [-0.2, 0) is 11.3 Å². The van der Waals surface area contributed by atoms with E-state index in [1.165, 1.54) is 0 Å². The maximum Gasteiger partial charge on any atom is 0.226 e. The van der Waals surface area contributed by atoms with Crippen LogP contribution in [0.5, 0.6) is 0 Å². The Morgan fingerprint density at radius 1 is 1.24 bits per heavy atom. The Balaban J connectivity index is 1.95. The zero-order valence-corrected chi connectivity index (χ0v) is 12.6. The number of aromatic nitrogens is 4. The highest BCUT2D eigenvalue weighted by atomic mass is 16.5. The predicted octanol–water partition coefficient (Wildman–Crippen LogP) is 1.90. The van der Waals surface area contributed by atoms with Gasteiger partial charge in [-0.05, 0) is 25.5 Å². The molecule has 0 aliphatic carbocycles. The summed E-state index contributed by atoms with van der Waals surface area (Å²) in [6.45, 7) is 8.22. The zero-order chi connectivity index (χ0) is 14.7. The Morgan fingerprint density at radius 3 is 2.81 bits per heavy atom. The molecule has 0 N–H and O–H groups in total. The minimum absolute atomic E-state index is 0.737. The van der Waals surface area contributed by atoms with Crippen LogP contribution in [0.15, 0.2) is 18.3 Å². The summed E-state index contributed by atoms with van der Waals surface area (Å²) < 4.78 is 7.40. The van der Waals surface area contributed by atoms with Crippen LogP contribution >= 0.6 is 0 Å². The second-order valence-electron chi connectivity index (χ2n) is 5.23. The van der Waals surface area contributed by atoms with Gasteiger partial charge in [0.1, 0.15) is 0 Å². The molecule has 0 radical (unpaired) electrons. The van der Waals surface area contributed by atoms with Crippen molar-refractivity contribution in [2.24, 2.45) is 0 Å². The Bertz CT molecular complexity index is 604. The van der Waals surface area contributed by atoms with E-state index in [1.807, 2.05) is 29.9 Å². The zero-order valence-electron chi connectivity index (χ0n) is 12.6. The van der Waals surface area contributed by atoms with Crippen LogP contribution in [0.25, 0.3) is 11.4 Å². The van der Waals surface area contributed by atoms with Crippen molar-refractivity contribution in [1.29, 1.82) is 0 Å². The monoisotopic (exact) mass is 287 g/mol. The van der Waals surface area contributed by atoms with Crippen molar-refractivity contribution in [1.82, 2.24) is 19.7 Å². The molecule has 0 saturated carbocycles. The number of anilines is 1. The fourth-order valence-electron chi connectivity index (χ4n) is 2.53. The molecule has 21 heavy (non-hydrogen) atoms. The number of ether oxygens (including phenoxy) is 1. The molecule has 1 aliphatic rings. The second kappa shape index (κ2) is 6.22. The van der Waals surface area contributed by atoms with Crippen molar-refractivity contribution in [3.63, 3.8) is 0 Å². The van der Waals surface area contributed by atoms with Gasteiger partial charge in [0.25, 0.3) is 0 Å². The smallest absolute Gasteiger partial charge is 0.226 e. The van der Waals surface area contributed by atoms with E-state index in [0.29, 0.717) is 0 Å². The van der Waals surface area contributed by atoms with Crippen molar-refractivity contribution in [2.45, 2.75) is 26.8 Å². The number of aryl methyl sites for hydroxylation is 2. The lowest BCUT2D eigenvalue weighted by molar-refractivity contribution is 0.122. The number of morpholine rings is 1. The van der Waals surface area contributed by atoms with Gasteiger partial charge in [0.15, 0.2) is 0 Å². The van der Waals surface area contributed by atoms with Gasteiger partial charge in [-0.25, -0.2) is 9.97 Å². The first-order chi connectivity index (χ1) is 10.3. The average molecular weight is 287 g/mol. The van der Waals surface area contributed by atoms with E-state index < -0.39 is 0 Å². The number of hydrogen-bond acceptors (Lipinski definition) is 5. The van der Waals surface area contributed by atoms with Crippen molar-refractivity contribution < 1.29 is 4.74 Å². The van der Waals surface area contributed by atoms with Gasteiger partial charge in [0.05, 0.1) is 24.6 Å². The van der Waals surface area contributed by atoms with Crippen LogP contribution in [0.1, 0.15) is 19.0 Å². The first kappa shape index (κ1) is 14.0. The third kappa shape index (κ3) is 3.05. The first-order valence-corrected chi connectivity index (χ1v) is 7.48. The lowest BCUT2D eigenvalue weighted by Crippen LogP contribution is -2.37. The standard InChI is InChI=1S/C15H21N5O/c1-3-6-20-14(4-5-16-20)13-11-12(2)17-15(18-13)19-7-9-21-10-8-19/h4-5,11H,3,6-10H2,1-2H3. The van der Waals surface area contributed by atoms with Gasteiger partial charge in [-0.15, -0.1) is 0 Å². The summed E-state index contributed by atoms with van der Waals surface area (Å²) in [5, 5.41) is 4.38. The van der Waals surface area contributed by atoms with Crippen LogP contribution in [0.3, 0.4) is 0 Å². The maximum atomic E-state index is 5.39. The van der Waals surface area contributed by atoms with Crippen LogP contribution in [0, 0.1) is 6.92 Å².